The first-order chi connectivity index (χ1) is 27.9. The largest absolute Gasteiger partial charge is 0.379 e. The highest BCUT2D eigenvalue weighted by atomic mass is 16.6. The summed E-state index contributed by atoms with van der Waals surface area (Å²) in [5.74, 6) is 3.24. The molecule has 14 nitrogen and oxygen atoms in total. The summed E-state index contributed by atoms with van der Waals surface area (Å²) in [6, 6.07) is -1.53. The molecule has 0 radical (unpaired) electrons. The second kappa shape index (κ2) is 32.7. The molecule has 0 aromatic carbocycles. The number of hydrogen-bond donors (Lipinski definition) is 3. The van der Waals surface area contributed by atoms with E-state index in [-0.39, 0.29) is 60.5 Å². The van der Waals surface area contributed by atoms with E-state index >= 15 is 0 Å². The molecule has 1 saturated heterocycles. The summed E-state index contributed by atoms with van der Waals surface area (Å²) in [4.78, 5) is 76.8. The van der Waals surface area contributed by atoms with Gasteiger partial charge in [-0.15, -0.1) is 0 Å². The van der Waals surface area contributed by atoms with Crippen molar-refractivity contribution in [3.05, 3.63) is 11.6 Å². The average molecular weight is 841 g/mol. The van der Waals surface area contributed by atoms with Crippen LogP contribution in [-0.2, 0) is 38.3 Å². The highest BCUT2D eigenvalue weighted by Crippen LogP contribution is 2.29. The van der Waals surface area contributed by atoms with E-state index < -0.39 is 36.1 Å². The van der Waals surface area contributed by atoms with E-state index in [1.807, 2.05) is 80.2 Å². The highest BCUT2D eigenvalue weighted by Gasteiger charge is 2.42. The summed E-state index contributed by atoms with van der Waals surface area (Å²) in [7, 11) is 6.42. The molecule has 0 aromatic heterocycles. The Hall–Kier alpha value is -3.07. The van der Waals surface area contributed by atoms with Crippen LogP contribution in [0.25, 0.3) is 0 Å². The van der Waals surface area contributed by atoms with E-state index in [4.69, 9.17) is 15.4 Å². The number of nitrogens with two attached hydrogens (primary N) is 1. The molecule has 1 aliphatic rings. The molecule has 0 spiro atoms. The topological polar surface area (TPSA) is 173 Å². The van der Waals surface area contributed by atoms with Gasteiger partial charge in [0.1, 0.15) is 6.04 Å². The maximum absolute atomic E-state index is 14.0. The molecule has 0 aromatic rings. The van der Waals surface area contributed by atoms with E-state index in [9.17, 15) is 24.0 Å². The number of nitrogens with one attached hydrogen (secondary N) is 2. The molecular formula is C45H88N6O8. The van der Waals surface area contributed by atoms with Crippen LogP contribution in [0.4, 0.5) is 0 Å². The van der Waals surface area contributed by atoms with Crippen molar-refractivity contribution in [3.8, 4) is 0 Å². The van der Waals surface area contributed by atoms with E-state index in [0.29, 0.717) is 32.4 Å². The lowest BCUT2D eigenvalue weighted by atomic mass is 9.90. The Morgan fingerprint density at radius 2 is 1.49 bits per heavy atom. The summed E-state index contributed by atoms with van der Waals surface area (Å²) >= 11 is 0. The number of carbonyl (C=O) groups is 5. The molecule has 59 heavy (non-hydrogen) atoms. The first-order valence-electron chi connectivity index (χ1n) is 22.3. The van der Waals surface area contributed by atoms with Crippen molar-refractivity contribution in [2.75, 3.05) is 48.0 Å². The van der Waals surface area contributed by atoms with Crippen LogP contribution in [0.3, 0.4) is 0 Å². The number of rotatable bonds is 25. The van der Waals surface area contributed by atoms with Crippen LogP contribution in [0, 0.1) is 17.8 Å². The monoisotopic (exact) mass is 841 g/mol. The quantitative estimate of drug-likeness (QED) is 0.0545. The average Bonchev–Trinajstić information content (AvgIpc) is 3.69. The van der Waals surface area contributed by atoms with Crippen LogP contribution in [0.1, 0.15) is 147 Å². The Morgan fingerprint density at radius 3 is 2.00 bits per heavy atom. The predicted octanol–water partition coefficient (Wildman–Crippen LogP) is 6.26. The molecule has 8 atom stereocenters. The van der Waals surface area contributed by atoms with E-state index in [1.165, 1.54) is 16.9 Å². The number of likely N-dealkylation sites (tertiary alicyclic amines) is 1. The van der Waals surface area contributed by atoms with Gasteiger partial charge in [0.25, 0.3) is 0 Å². The lowest BCUT2D eigenvalue weighted by Crippen LogP contribution is -2.55. The zero-order valence-corrected chi connectivity index (χ0v) is 40.2. The summed E-state index contributed by atoms with van der Waals surface area (Å²) in [5, 5.41) is 5.87. The fourth-order valence-corrected chi connectivity index (χ4v) is 7.64. The Balaban J connectivity index is 0. The van der Waals surface area contributed by atoms with E-state index in [2.05, 4.69) is 29.3 Å². The van der Waals surface area contributed by atoms with Gasteiger partial charge in [0, 0.05) is 47.3 Å². The fourth-order valence-electron chi connectivity index (χ4n) is 7.64. The number of likely N-dealkylation sites (N-methyl/N-ethyl adjacent to an activating group) is 2. The van der Waals surface area contributed by atoms with E-state index in [0.717, 1.165) is 32.1 Å². The highest BCUT2D eigenvalue weighted by molar-refractivity contribution is 5.90. The van der Waals surface area contributed by atoms with Crippen LogP contribution < -0.4 is 16.5 Å². The van der Waals surface area contributed by atoms with Gasteiger partial charge >= 0.3 is 0 Å². The molecule has 8 unspecified atom stereocenters. The first kappa shape index (κ1) is 58.0. The second-order valence-corrected chi connectivity index (χ2v) is 16.2. The van der Waals surface area contributed by atoms with Crippen molar-refractivity contribution >= 4 is 29.5 Å². The number of carbonyl (C=O) groups excluding carboxylic acids is 5. The van der Waals surface area contributed by atoms with Gasteiger partial charge in [-0.2, -0.15) is 0 Å². The van der Waals surface area contributed by atoms with Crippen LogP contribution >= 0.6 is 0 Å². The number of allylic oxidation sites excluding steroid dienone is 1. The van der Waals surface area contributed by atoms with Crippen LogP contribution in [-0.4, -0.2) is 129 Å². The normalized spacial score (nSPS) is 17.5. The molecule has 5 amide bonds. The molecular weight excluding hydrogens is 753 g/mol. The molecule has 1 fully saturated rings. The Morgan fingerprint density at radius 1 is 0.881 bits per heavy atom. The minimum absolute atomic E-state index is 0.0320. The number of methoxy groups -OCH3 is 2. The lowest BCUT2D eigenvalue weighted by Gasteiger charge is -2.39. The van der Waals surface area contributed by atoms with Gasteiger partial charge in [0.2, 0.25) is 29.5 Å². The SMILES string of the molecule is C/C=C(\C)CC(C)NC(=O)C(C)C(OC)C1CCCN1C(=O)CC(OC)C(C(C)CC)N(C)C(=O)CNC(=O)C(C(C)C)N(C)C(=O)CCCCCON.CC.CCC. The number of nitrogens with zero attached hydrogens (tertiary/aromatic N) is 3. The third-order valence-corrected chi connectivity index (χ3v) is 11.1. The summed E-state index contributed by atoms with van der Waals surface area (Å²) in [5.41, 5.74) is 1.19. The van der Waals surface area contributed by atoms with Crippen molar-refractivity contribution in [2.45, 2.75) is 184 Å². The smallest absolute Gasteiger partial charge is 0.243 e. The Kier molecular flexibility index (Phi) is 32.1. The number of unbranched alkanes of at least 4 members (excludes halogenated alkanes) is 2. The zero-order chi connectivity index (χ0) is 45.8. The Bertz CT molecular complexity index is 1230. The fraction of sp³-hybridized carbons (Fsp3) is 0.844. The van der Waals surface area contributed by atoms with Gasteiger partial charge in [-0.3, -0.25) is 24.0 Å². The molecule has 346 valence electrons. The van der Waals surface area contributed by atoms with Crippen molar-refractivity contribution in [1.29, 1.82) is 0 Å². The third kappa shape index (κ3) is 20.4. The maximum atomic E-state index is 14.0. The number of amides is 5. The number of hydrogen-bond acceptors (Lipinski definition) is 9. The molecule has 0 aliphatic carbocycles. The molecule has 1 heterocycles. The van der Waals surface area contributed by atoms with Crippen LogP contribution in [0.5, 0.6) is 0 Å². The minimum atomic E-state index is -0.748. The molecule has 0 saturated carbocycles. The maximum Gasteiger partial charge on any atom is 0.243 e. The van der Waals surface area contributed by atoms with Gasteiger partial charge in [-0.25, -0.2) is 5.90 Å². The van der Waals surface area contributed by atoms with Crippen LogP contribution in [0.2, 0.25) is 0 Å². The first-order valence-corrected chi connectivity index (χ1v) is 22.3. The standard InChI is InChI=1S/C40H74N6O8.C3H8.C2H6/c1-13-27(5)23-29(7)43-39(50)30(8)38(53-12)31-19-18-21-46(31)34(48)24-32(52-11)37(28(6)14-2)45(10)35(49)25-42-40(51)36(26(3)4)44(9)33(47)20-16-15-17-22-54-41;1-3-2;1-2/h13,26,28-32,36-38H,14-25,41H2,1-12H3,(H,42,51)(H,43,50);3H2,1-2H3;1-2H3/b27-13+;;. The molecule has 0 bridgehead atoms. The third-order valence-electron chi connectivity index (χ3n) is 11.1. The van der Waals surface area contributed by atoms with Gasteiger partial charge in [0.05, 0.1) is 49.8 Å². The van der Waals surface area contributed by atoms with Crippen molar-refractivity contribution in [1.82, 2.24) is 25.3 Å². The second-order valence-electron chi connectivity index (χ2n) is 16.2. The van der Waals surface area contributed by atoms with Crippen molar-refractivity contribution in [2.24, 2.45) is 23.7 Å². The van der Waals surface area contributed by atoms with Gasteiger partial charge in [-0.1, -0.05) is 93.2 Å². The molecule has 1 aliphatic heterocycles. The minimum Gasteiger partial charge on any atom is -0.379 e. The zero-order valence-electron chi connectivity index (χ0n) is 40.2. The molecule has 14 heteroatoms. The predicted molar refractivity (Wildman–Crippen MR) is 238 cm³/mol. The molecule has 4 N–H and O–H groups in total. The lowest BCUT2D eigenvalue weighted by molar-refractivity contribution is -0.146. The van der Waals surface area contributed by atoms with Crippen LogP contribution in [0.15, 0.2) is 11.6 Å². The Labute approximate surface area is 359 Å². The summed E-state index contributed by atoms with van der Waals surface area (Å²) < 4.78 is 11.9. The molecule has 1 rings (SSSR count). The summed E-state index contributed by atoms with van der Waals surface area (Å²) in [6.07, 6.45) is 7.65. The number of ether oxygens (including phenoxy) is 2. The summed E-state index contributed by atoms with van der Waals surface area (Å²) in [6.45, 7) is 24.5. The van der Waals surface area contributed by atoms with Gasteiger partial charge < -0.3 is 39.6 Å². The van der Waals surface area contributed by atoms with E-state index in [1.54, 1.807) is 33.2 Å². The van der Waals surface area contributed by atoms with Gasteiger partial charge in [0.15, 0.2) is 0 Å². The van der Waals surface area contributed by atoms with Crippen molar-refractivity contribution in [3.63, 3.8) is 0 Å². The van der Waals surface area contributed by atoms with Gasteiger partial charge in [-0.05, 0) is 64.7 Å². The van der Waals surface area contributed by atoms with Crippen molar-refractivity contribution < 1.29 is 38.3 Å².